The zero-order valence-electron chi connectivity index (χ0n) is 9.34. The van der Waals surface area contributed by atoms with Crippen molar-refractivity contribution in [3.05, 3.63) is 6.92 Å². The van der Waals surface area contributed by atoms with Crippen molar-refractivity contribution in [3.63, 3.8) is 0 Å². The van der Waals surface area contributed by atoms with Gasteiger partial charge in [-0.3, -0.25) is 0 Å². The summed E-state index contributed by atoms with van der Waals surface area (Å²) in [5.41, 5.74) is 0. The quantitative estimate of drug-likeness (QED) is 0.638. The molecule has 3 heteroatoms. The molecule has 1 radical (unpaired) electrons. The van der Waals surface area contributed by atoms with Gasteiger partial charge in [-0.15, -0.1) is 0 Å². The van der Waals surface area contributed by atoms with Crippen LogP contribution in [-0.2, 0) is 0 Å². The molecule has 0 unspecified atom stereocenters. The van der Waals surface area contributed by atoms with Crippen molar-refractivity contribution in [1.82, 2.24) is 9.47 Å². The molecule has 13 heavy (non-hydrogen) atoms. The molecule has 1 heterocycles. The van der Waals surface area contributed by atoms with Crippen LogP contribution >= 0.6 is 0 Å². The number of piperazine rings is 1. The Bertz CT molecular complexity index is 145. The van der Waals surface area contributed by atoms with E-state index < -0.39 is 8.24 Å². The average Bonchev–Trinajstić information content (AvgIpc) is 2.04. The standard InChI is InChI=1S/C10H23N2Si/c1-5-6-11-7-9-12(10-8-11)13(2,3)4/h1,5-10H2,2-4H3. The van der Waals surface area contributed by atoms with Crippen LogP contribution in [0, 0.1) is 6.92 Å². The van der Waals surface area contributed by atoms with Crippen molar-refractivity contribution in [3.8, 4) is 0 Å². The Morgan fingerprint density at radius 2 is 1.62 bits per heavy atom. The fourth-order valence-electron chi connectivity index (χ4n) is 1.87. The topological polar surface area (TPSA) is 6.48 Å². The molecule has 0 atom stereocenters. The van der Waals surface area contributed by atoms with Gasteiger partial charge in [-0.2, -0.15) is 0 Å². The highest BCUT2D eigenvalue weighted by Gasteiger charge is 2.26. The highest BCUT2D eigenvalue weighted by Crippen LogP contribution is 2.12. The van der Waals surface area contributed by atoms with E-state index in [4.69, 9.17) is 0 Å². The van der Waals surface area contributed by atoms with Crippen LogP contribution in [0.5, 0.6) is 0 Å². The van der Waals surface area contributed by atoms with Crippen LogP contribution in [0.2, 0.25) is 19.6 Å². The zero-order valence-corrected chi connectivity index (χ0v) is 10.3. The number of rotatable bonds is 3. The molecule has 2 nitrogen and oxygen atoms in total. The Morgan fingerprint density at radius 1 is 1.08 bits per heavy atom. The molecule has 0 bridgehead atoms. The van der Waals surface area contributed by atoms with Crippen molar-refractivity contribution in [2.45, 2.75) is 26.1 Å². The lowest BCUT2D eigenvalue weighted by molar-refractivity contribution is 0.186. The fraction of sp³-hybridized carbons (Fsp3) is 0.900. The first-order valence-electron chi connectivity index (χ1n) is 5.30. The highest BCUT2D eigenvalue weighted by atomic mass is 28.3. The largest absolute Gasteiger partial charge is 0.321 e. The van der Waals surface area contributed by atoms with Gasteiger partial charge in [0.1, 0.15) is 8.24 Å². The van der Waals surface area contributed by atoms with E-state index in [2.05, 4.69) is 36.0 Å². The van der Waals surface area contributed by atoms with E-state index in [1.165, 1.54) is 32.7 Å². The second-order valence-electron chi connectivity index (χ2n) is 4.85. The van der Waals surface area contributed by atoms with Crippen molar-refractivity contribution < 1.29 is 0 Å². The van der Waals surface area contributed by atoms with Crippen LogP contribution in [-0.4, -0.2) is 50.4 Å². The van der Waals surface area contributed by atoms with Gasteiger partial charge in [0.15, 0.2) is 0 Å². The Balaban J connectivity index is 2.30. The molecular weight excluding hydrogens is 176 g/mol. The van der Waals surface area contributed by atoms with Gasteiger partial charge in [-0.05, 0) is 13.0 Å². The highest BCUT2D eigenvalue weighted by molar-refractivity contribution is 6.73. The Morgan fingerprint density at radius 3 is 2.00 bits per heavy atom. The monoisotopic (exact) mass is 199 g/mol. The van der Waals surface area contributed by atoms with E-state index in [0.717, 1.165) is 6.42 Å². The summed E-state index contributed by atoms with van der Waals surface area (Å²) in [6, 6.07) is 0. The summed E-state index contributed by atoms with van der Waals surface area (Å²) in [7, 11) is -1.02. The van der Waals surface area contributed by atoms with E-state index in [0.29, 0.717) is 0 Å². The predicted molar refractivity (Wildman–Crippen MR) is 61.3 cm³/mol. The maximum absolute atomic E-state index is 3.90. The van der Waals surface area contributed by atoms with E-state index in [1.54, 1.807) is 0 Å². The molecule has 0 aromatic rings. The maximum Gasteiger partial charge on any atom is 0.119 e. The van der Waals surface area contributed by atoms with Gasteiger partial charge >= 0.3 is 0 Å². The minimum Gasteiger partial charge on any atom is -0.321 e. The van der Waals surface area contributed by atoms with E-state index in [9.17, 15) is 0 Å². The molecule has 0 aromatic heterocycles. The summed E-state index contributed by atoms with van der Waals surface area (Å²) >= 11 is 0. The molecule has 0 aliphatic carbocycles. The molecule has 1 saturated heterocycles. The molecule has 0 saturated carbocycles. The van der Waals surface area contributed by atoms with Crippen molar-refractivity contribution in [2.75, 3.05) is 32.7 Å². The molecule has 77 valence electrons. The Labute approximate surface area is 84.0 Å². The molecule has 0 aromatic carbocycles. The SMILES string of the molecule is [CH2]CCN1CCN([Si](C)(C)C)CC1. The van der Waals surface area contributed by atoms with Crippen LogP contribution in [0.25, 0.3) is 0 Å². The van der Waals surface area contributed by atoms with Gasteiger partial charge in [0.25, 0.3) is 0 Å². The molecule has 1 aliphatic rings. The molecular formula is C10H23N2Si. The molecule has 1 rings (SSSR count). The Hall–Kier alpha value is 0.137. The minimum atomic E-state index is -1.02. The second kappa shape index (κ2) is 4.58. The molecule has 0 spiro atoms. The first-order valence-corrected chi connectivity index (χ1v) is 8.75. The van der Waals surface area contributed by atoms with Crippen molar-refractivity contribution in [2.24, 2.45) is 0 Å². The summed E-state index contributed by atoms with van der Waals surface area (Å²) in [5.74, 6) is 0. The third-order valence-corrected chi connectivity index (χ3v) is 5.14. The van der Waals surface area contributed by atoms with Gasteiger partial charge in [0.2, 0.25) is 0 Å². The predicted octanol–water partition coefficient (Wildman–Crippen LogP) is 1.66. The van der Waals surface area contributed by atoms with Crippen molar-refractivity contribution in [1.29, 1.82) is 0 Å². The first-order chi connectivity index (χ1) is 6.04. The van der Waals surface area contributed by atoms with Gasteiger partial charge in [0.05, 0.1) is 0 Å². The maximum atomic E-state index is 3.90. The third kappa shape index (κ3) is 3.41. The van der Waals surface area contributed by atoms with Crippen LogP contribution in [0.3, 0.4) is 0 Å². The minimum absolute atomic E-state index is 1.02. The van der Waals surface area contributed by atoms with Crippen LogP contribution in [0.4, 0.5) is 0 Å². The van der Waals surface area contributed by atoms with Crippen LogP contribution in [0.1, 0.15) is 6.42 Å². The molecule has 0 amide bonds. The van der Waals surface area contributed by atoms with Gasteiger partial charge in [-0.1, -0.05) is 26.6 Å². The van der Waals surface area contributed by atoms with Gasteiger partial charge < -0.3 is 9.47 Å². The molecule has 0 N–H and O–H groups in total. The summed E-state index contributed by atoms with van der Waals surface area (Å²) < 4.78 is 2.70. The number of nitrogens with zero attached hydrogens (tertiary/aromatic N) is 2. The summed E-state index contributed by atoms with van der Waals surface area (Å²) in [5, 5.41) is 0. The van der Waals surface area contributed by atoms with Gasteiger partial charge in [-0.25, -0.2) is 0 Å². The Kier molecular flexibility index (Phi) is 3.95. The zero-order chi connectivity index (χ0) is 9.90. The smallest absolute Gasteiger partial charge is 0.119 e. The van der Waals surface area contributed by atoms with Crippen molar-refractivity contribution >= 4 is 8.24 Å². The fourth-order valence-corrected chi connectivity index (χ4v) is 3.41. The molecule has 1 fully saturated rings. The second-order valence-corrected chi connectivity index (χ2v) is 9.83. The number of hydrogen-bond donors (Lipinski definition) is 0. The summed E-state index contributed by atoms with van der Waals surface area (Å²) in [6.45, 7) is 17.4. The lowest BCUT2D eigenvalue weighted by Crippen LogP contribution is -2.56. The summed E-state index contributed by atoms with van der Waals surface area (Å²) in [4.78, 5) is 2.53. The van der Waals surface area contributed by atoms with Gasteiger partial charge in [0, 0.05) is 26.2 Å². The summed E-state index contributed by atoms with van der Waals surface area (Å²) in [6.07, 6.45) is 1.05. The van der Waals surface area contributed by atoms with E-state index in [-0.39, 0.29) is 0 Å². The van der Waals surface area contributed by atoms with E-state index >= 15 is 0 Å². The van der Waals surface area contributed by atoms with Crippen LogP contribution in [0.15, 0.2) is 0 Å². The van der Waals surface area contributed by atoms with Crippen LogP contribution < -0.4 is 0 Å². The lowest BCUT2D eigenvalue weighted by atomic mass is 10.3. The third-order valence-electron chi connectivity index (χ3n) is 2.80. The normalized spacial score (nSPS) is 22.2. The number of hydrogen-bond acceptors (Lipinski definition) is 2. The van der Waals surface area contributed by atoms with E-state index in [1.807, 2.05) is 0 Å². The first kappa shape index (κ1) is 11.2. The lowest BCUT2D eigenvalue weighted by Gasteiger charge is -2.41. The molecule has 1 aliphatic heterocycles. The average molecular weight is 199 g/mol.